The number of carbonyl (C=O) groups excluding carboxylic acids is 1. The number of nitrogens with zero attached hydrogens (tertiary/aromatic N) is 1. The molecule has 0 atom stereocenters. The molecule has 3 rings (SSSR count). The van der Waals surface area contributed by atoms with Crippen molar-refractivity contribution in [1.29, 1.82) is 0 Å². The molecule has 3 aromatic rings. The van der Waals surface area contributed by atoms with Gasteiger partial charge in [0.1, 0.15) is 5.75 Å². The zero-order valence-corrected chi connectivity index (χ0v) is 14.9. The summed E-state index contributed by atoms with van der Waals surface area (Å²) in [6, 6.07) is 21.1. The highest BCUT2D eigenvalue weighted by molar-refractivity contribution is 5.91. The van der Waals surface area contributed by atoms with Crippen LogP contribution in [0.5, 0.6) is 11.5 Å². The van der Waals surface area contributed by atoms with E-state index in [4.69, 9.17) is 4.74 Å². The van der Waals surface area contributed by atoms with Gasteiger partial charge in [0, 0.05) is 12.1 Å². The molecule has 4 heteroatoms. The number of pyridine rings is 1. The Labute approximate surface area is 154 Å². The van der Waals surface area contributed by atoms with E-state index in [2.05, 4.69) is 24.4 Å². The fraction of sp³-hybridized carbons (Fsp3) is 0.182. The Morgan fingerprint density at radius 1 is 0.962 bits per heavy atom. The summed E-state index contributed by atoms with van der Waals surface area (Å²) in [5.74, 6) is 1.26. The molecule has 26 heavy (non-hydrogen) atoms. The number of para-hydroxylation sites is 3. The monoisotopic (exact) mass is 347 g/mol. The molecule has 1 N–H and O–H groups in total. The smallest absolute Gasteiger partial charge is 0.290 e. The average molecular weight is 347 g/mol. The van der Waals surface area contributed by atoms with Crippen LogP contribution in [0.4, 0.5) is 5.69 Å². The number of amides is 1. The maximum atomic E-state index is 12.4. The van der Waals surface area contributed by atoms with Gasteiger partial charge in [0.2, 0.25) is 6.54 Å². The summed E-state index contributed by atoms with van der Waals surface area (Å²) in [5, 5.41) is 2.93. The maximum Gasteiger partial charge on any atom is 0.290 e. The minimum absolute atomic E-state index is 0.0950. The molecule has 1 aromatic heterocycles. The predicted molar refractivity (Wildman–Crippen MR) is 102 cm³/mol. The van der Waals surface area contributed by atoms with Crippen LogP contribution in [-0.2, 0) is 17.8 Å². The molecule has 0 fully saturated rings. The van der Waals surface area contributed by atoms with E-state index in [-0.39, 0.29) is 12.5 Å². The van der Waals surface area contributed by atoms with Crippen molar-refractivity contribution in [2.75, 3.05) is 5.32 Å². The SMILES string of the molecule is CCCc1cc[n+](CC(=O)Nc2ccccc2Oc2ccccc2)cc1. The number of hydrogen-bond donors (Lipinski definition) is 1. The van der Waals surface area contributed by atoms with Gasteiger partial charge in [-0.05, 0) is 36.2 Å². The van der Waals surface area contributed by atoms with Crippen molar-refractivity contribution in [3.63, 3.8) is 0 Å². The fourth-order valence-electron chi connectivity index (χ4n) is 2.68. The van der Waals surface area contributed by atoms with Gasteiger partial charge in [-0.15, -0.1) is 0 Å². The first-order valence-electron chi connectivity index (χ1n) is 8.84. The van der Waals surface area contributed by atoms with Crippen LogP contribution < -0.4 is 14.6 Å². The maximum absolute atomic E-state index is 12.4. The highest BCUT2D eigenvalue weighted by Crippen LogP contribution is 2.28. The number of anilines is 1. The first kappa shape index (κ1) is 17.7. The van der Waals surface area contributed by atoms with E-state index >= 15 is 0 Å². The van der Waals surface area contributed by atoms with Crippen LogP contribution in [0.15, 0.2) is 79.1 Å². The molecule has 0 unspecified atom stereocenters. The normalized spacial score (nSPS) is 10.3. The minimum Gasteiger partial charge on any atom is -0.455 e. The molecule has 0 radical (unpaired) electrons. The molecule has 4 nitrogen and oxygen atoms in total. The van der Waals surface area contributed by atoms with Gasteiger partial charge < -0.3 is 10.1 Å². The largest absolute Gasteiger partial charge is 0.455 e. The molecule has 0 saturated heterocycles. The summed E-state index contributed by atoms with van der Waals surface area (Å²) in [4.78, 5) is 12.4. The molecule has 0 aliphatic carbocycles. The van der Waals surface area contributed by atoms with Crippen molar-refractivity contribution in [2.45, 2.75) is 26.3 Å². The minimum atomic E-state index is -0.0950. The van der Waals surface area contributed by atoms with Gasteiger partial charge in [0.05, 0.1) is 5.69 Å². The highest BCUT2D eigenvalue weighted by Gasteiger charge is 2.12. The van der Waals surface area contributed by atoms with Gasteiger partial charge in [0.25, 0.3) is 5.91 Å². The zero-order chi connectivity index (χ0) is 18.2. The highest BCUT2D eigenvalue weighted by atomic mass is 16.5. The Bertz CT molecular complexity index is 846. The molecule has 0 saturated carbocycles. The molecule has 2 aromatic carbocycles. The van der Waals surface area contributed by atoms with Crippen molar-refractivity contribution in [3.05, 3.63) is 84.7 Å². The lowest BCUT2D eigenvalue weighted by Crippen LogP contribution is -2.39. The Hall–Kier alpha value is -3.14. The van der Waals surface area contributed by atoms with Crippen molar-refractivity contribution in [3.8, 4) is 11.5 Å². The van der Waals surface area contributed by atoms with Gasteiger partial charge >= 0.3 is 0 Å². The Morgan fingerprint density at radius 2 is 1.65 bits per heavy atom. The first-order valence-corrected chi connectivity index (χ1v) is 8.84. The molecular formula is C22H23N2O2+. The number of aromatic nitrogens is 1. The van der Waals surface area contributed by atoms with Crippen LogP contribution in [0, 0.1) is 0 Å². The summed E-state index contributed by atoms with van der Waals surface area (Å²) in [6.45, 7) is 2.41. The van der Waals surface area contributed by atoms with Crippen LogP contribution in [0.1, 0.15) is 18.9 Å². The van der Waals surface area contributed by atoms with E-state index in [1.807, 2.05) is 71.6 Å². The molecule has 1 heterocycles. The van der Waals surface area contributed by atoms with Crippen LogP contribution in [0.3, 0.4) is 0 Å². The van der Waals surface area contributed by atoms with E-state index in [0.29, 0.717) is 11.4 Å². The summed E-state index contributed by atoms with van der Waals surface area (Å²) in [7, 11) is 0. The molecule has 0 spiro atoms. The second-order valence-electron chi connectivity index (χ2n) is 6.09. The Kier molecular flexibility index (Phi) is 5.99. The van der Waals surface area contributed by atoms with Crippen LogP contribution in [-0.4, -0.2) is 5.91 Å². The van der Waals surface area contributed by atoms with E-state index in [1.54, 1.807) is 0 Å². The number of hydrogen-bond acceptors (Lipinski definition) is 2. The lowest BCUT2D eigenvalue weighted by molar-refractivity contribution is -0.684. The number of aryl methyl sites for hydroxylation is 1. The quantitative estimate of drug-likeness (QED) is 0.645. The van der Waals surface area contributed by atoms with Crippen LogP contribution in [0.25, 0.3) is 0 Å². The van der Waals surface area contributed by atoms with E-state index < -0.39 is 0 Å². The third-order valence-electron chi connectivity index (χ3n) is 3.96. The summed E-state index contributed by atoms with van der Waals surface area (Å²) < 4.78 is 7.75. The van der Waals surface area contributed by atoms with Crippen LogP contribution in [0.2, 0.25) is 0 Å². The number of ether oxygens (including phenoxy) is 1. The predicted octanol–water partition coefficient (Wildman–Crippen LogP) is 4.36. The fourth-order valence-corrected chi connectivity index (χ4v) is 2.68. The number of carbonyl (C=O) groups is 1. The third-order valence-corrected chi connectivity index (χ3v) is 3.96. The Morgan fingerprint density at radius 3 is 2.38 bits per heavy atom. The van der Waals surface area contributed by atoms with Crippen molar-refractivity contribution < 1.29 is 14.1 Å². The van der Waals surface area contributed by atoms with Gasteiger partial charge in [-0.2, -0.15) is 4.57 Å². The van der Waals surface area contributed by atoms with Gasteiger partial charge in [0.15, 0.2) is 18.1 Å². The number of rotatable bonds is 7. The number of benzene rings is 2. The molecule has 132 valence electrons. The molecular weight excluding hydrogens is 324 g/mol. The van der Waals surface area contributed by atoms with Gasteiger partial charge in [-0.1, -0.05) is 43.7 Å². The van der Waals surface area contributed by atoms with Gasteiger partial charge in [-0.3, -0.25) is 4.79 Å². The summed E-state index contributed by atoms with van der Waals surface area (Å²) in [6.07, 6.45) is 6.05. The lowest BCUT2D eigenvalue weighted by atomic mass is 10.2. The second-order valence-corrected chi connectivity index (χ2v) is 6.09. The van der Waals surface area contributed by atoms with Gasteiger partial charge in [-0.25, -0.2) is 0 Å². The molecule has 0 aliphatic rings. The number of nitrogens with one attached hydrogen (secondary N) is 1. The zero-order valence-electron chi connectivity index (χ0n) is 14.9. The first-order chi connectivity index (χ1) is 12.7. The van der Waals surface area contributed by atoms with E-state index in [1.165, 1.54) is 5.56 Å². The third kappa shape index (κ3) is 4.93. The lowest BCUT2D eigenvalue weighted by Gasteiger charge is -2.11. The van der Waals surface area contributed by atoms with Crippen LogP contribution >= 0.6 is 0 Å². The molecule has 1 amide bonds. The van der Waals surface area contributed by atoms with Crippen molar-refractivity contribution in [2.24, 2.45) is 0 Å². The standard InChI is InChI=1S/C22H22N2O2/c1-2-8-18-13-15-24(16-14-18)17-22(25)23-20-11-6-7-12-21(20)26-19-9-4-3-5-10-19/h3-7,9-16H,2,8,17H2,1H3/p+1. The Balaban J connectivity index is 1.65. The van der Waals surface area contributed by atoms with E-state index in [9.17, 15) is 4.79 Å². The van der Waals surface area contributed by atoms with E-state index in [0.717, 1.165) is 18.6 Å². The van der Waals surface area contributed by atoms with Crippen molar-refractivity contribution >= 4 is 11.6 Å². The topological polar surface area (TPSA) is 42.2 Å². The summed E-state index contributed by atoms with van der Waals surface area (Å²) in [5.41, 5.74) is 1.94. The second kappa shape index (κ2) is 8.81. The van der Waals surface area contributed by atoms with Crippen molar-refractivity contribution in [1.82, 2.24) is 0 Å². The summed E-state index contributed by atoms with van der Waals surface area (Å²) >= 11 is 0. The molecule has 0 aliphatic heterocycles. The molecule has 0 bridgehead atoms. The average Bonchev–Trinajstić information content (AvgIpc) is 2.66.